The van der Waals surface area contributed by atoms with Gasteiger partial charge in [-0.3, -0.25) is 19.2 Å². The molecule has 1 aromatic rings. The molecule has 12 heteroatoms. The van der Waals surface area contributed by atoms with Gasteiger partial charge in [0.15, 0.2) is 24.5 Å². The Morgan fingerprint density at radius 3 is 1.94 bits per heavy atom. The lowest BCUT2D eigenvalue weighted by atomic mass is 9.97. The third-order valence-corrected chi connectivity index (χ3v) is 4.41. The third kappa shape index (κ3) is 8.31. The molecule has 2 rings (SSSR count). The summed E-state index contributed by atoms with van der Waals surface area (Å²) >= 11 is 5.22. The van der Waals surface area contributed by atoms with E-state index in [0.29, 0.717) is 5.75 Å². The minimum absolute atomic E-state index is 0.137. The topological polar surface area (TPSA) is 136 Å². The van der Waals surface area contributed by atoms with E-state index >= 15 is 0 Å². The molecule has 11 nitrogen and oxygen atoms in total. The van der Waals surface area contributed by atoms with Crippen molar-refractivity contribution in [3.05, 3.63) is 30.3 Å². The number of nitrogens with one attached hydrogen (secondary N) is 1. The van der Waals surface area contributed by atoms with Crippen molar-refractivity contribution >= 4 is 41.3 Å². The average molecular weight is 483 g/mol. The van der Waals surface area contributed by atoms with Crippen LogP contribution in [0.3, 0.4) is 0 Å². The number of carbonyl (C=O) groups is 4. The number of benzene rings is 1. The van der Waals surface area contributed by atoms with E-state index in [1.165, 1.54) is 6.92 Å². The highest BCUT2D eigenvalue weighted by Crippen LogP contribution is 2.28. The molecule has 180 valence electrons. The molecule has 1 aromatic carbocycles. The Bertz CT molecular complexity index is 877. The van der Waals surface area contributed by atoms with Crippen LogP contribution in [0.4, 0.5) is 0 Å². The van der Waals surface area contributed by atoms with E-state index in [-0.39, 0.29) is 11.8 Å². The molecular weight excluding hydrogens is 458 g/mol. The van der Waals surface area contributed by atoms with Crippen LogP contribution in [0.2, 0.25) is 0 Å². The lowest BCUT2D eigenvalue weighted by molar-refractivity contribution is -0.255. The first-order chi connectivity index (χ1) is 15.6. The van der Waals surface area contributed by atoms with Gasteiger partial charge in [0.1, 0.15) is 18.5 Å². The quantitative estimate of drug-likeness (QED) is 0.337. The van der Waals surface area contributed by atoms with E-state index in [1.54, 1.807) is 30.3 Å². The van der Waals surface area contributed by atoms with Gasteiger partial charge in [-0.05, 0) is 24.4 Å². The van der Waals surface area contributed by atoms with Crippen molar-refractivity contribution in [3.63, 3.8) is 0 Å². The van der Waals surface area contributed by atoms with Gasteiger partial charge in [0, 0.05) is 27.7 Å². The highest BCUT2D eigenvalue weighted by molar-refractivity contribution is 7.80. The van der Waals surface area contributed by atoms with E-state index < -0.39 is 54.5 Å². The van der Waals surface area contributed by atoms with Gasteiger partial charge < -0.3 is 33.7 Å². The van der Waals surface area contributed by atoms with Crippen LogP contribution in [0.15, 0.2) is 30.3 Å². The Kier molecular flexibility index (Phi) is 9.55. The molecule has 0 saturated carbocycles. The highest BCUT2D eigenvalue weighted by atomic mass is 32.1. The predicted octanol–water partition coefficient (Wildman–Crippen LogP) is 1.02. The van der Waals surface area contributed by atoms with E-state index in [1.807, 2.05) is 0 Å². The van der Waals surface area contributed by atoms with Crippen molar-refractivity contribution in [2.45, 2.75) is 58.3 Å². The molecule has 0 aliphatic carbocycles. The molecule has 0 radical (unpaired) electrons. The zero-order valence-electron chi connectivity index (χ0n) is 18.5. The van der Waals surface area contributed by atoms with Gasteiger partial charge in [-0.1, -0.05) is 18.2 Å². The van der Waals surface area contributed by atoms with E-state index in [9.17, 15) is 19.2 Å². The maximum absolute atomic E-state index is 11.8. The molecule has 0 aromatic heterocycles. The Morgan fingerprint density at radius 1 is 0.848 bits per heavy atom. The minimum atomic E-state index is -1.30. The number of carbonyl (C=O) groups excluding carboxylic acids is 4. The summed E-state index contributed by atoms with van der Waals surface area (Å²) in [5.74, 6) is -2.35. The predicted molar refractivity (Wildman–Crippen MR) is 115 cm³/mol. The molecule has 0 unspecified atom stereocenters. The van der Waals surface area contributed by atoms with Crippen molar-refractivity contribution in [3.8, 4) is 5.75 Å². The number of esters is 4. The molecule has 0 bridgehead atoms. The first kappa shape index (κ1) is 26.0. The van der Waals surface area contributed by atoms with Crippen LogP contribution >= 0.6 is 12.2 Å². The van der Waals surface area contributed by atoms with Gasteiger partial charge in [-0.25, -0.2) is 0 Å². The molecule has 1 N–H and O–H groups in total. The average Bonchev–Trinajstić information content (AvgIpc) is 2.70. The van der Waals surface area contributed by atoms with Gasteiger partial charge in [-0.15, -0.1) is 0 Å². The highest BCUT2D eigenvalue weighted by Gasteiger charge is 2.52. The Morgan fingerprint density at radius 2 is 1.39 bits per heavy atom. The van der Waals surface area contributed by atoms with E-state index in [4.69, 9.17) is 40.6 Å². The normalized spacial score (nSPS) is 24.1. The lowest BCUT2D eigenvalue weighted by Gasteiger charge is -2.44. The fourth-order valence-electron chi connectivity index (χ4n) is 3.09. The van der Waals surface area contributed by atoms with Crippen LogP contribution in [-0.2, 0) is 42.9 Å². The van der Waals surface area contributed by atoms with Crippen LogP contribution in [0.1, 0.15) is 27.7 Å². The van der Waals surface area contributed by atoms with E-state index in [0.717, 1.165) is 20.8 Å². The van der Waals surface area contributed by atoms with Gasteiger partial charge in [0.25, 0.3) is 5.17 Å². The lowest BCUT2D eigenvalue weighted by Crippen LogP contribution is -2.66. The monoisotopic (exact) mass is 483 g/mol. The summed E-state index contributed by atoms with van der Waals surface area (Å²) in [4.78, 5) is 46.7. The summed E-state index contributed by atoms with van der Waals surface area (Å²) in [6.07, 6.45) is -6.15. The van der Waals surface area contributed by atoms with Crippen molar-refractivity contribution in [2.75, 3.05) is 6.61 Å². The Labute approximate surface area is 195 Å². The number of rotatable bonds is 7. The molecule has 1 saturated heterocycles. The molecule has 1 aliphatic rings. The molecule has 0 amide bonds. The van der Waals surface area contributed by atoms with Crippen LogP contribution in [0, 0.1) is 0 Å². The molecule has 1 aliphatic heterocycles. The molecule has 0 spiro atoms. The van der Waals surface area contributed by atoms with Crippen molar-refractivity contribution in [1.29, 1.82) is 0 Å². The van der Waals surface area contributed by atoms with Crippen LogP contribution in [0.5, 0.6) is 5.75 Å². The van der Waals surface area contributed by atoms with Crippen molar-refractivity contribution < 1.29 is 47.6 Å². The van der Waals surface area contributed by atoms with E-state index in [2.05, 4.69) is 5.32 Å². The molecule has 33 heavy (non-hydrogen) atoms. The number of thiocarbonyl (C=S) groups is 1. The number of ether oxygens (including phenoxy) is 6. The zero-order chi connectivity index (χ0) is 24.5. The summed E-state index contributed by atoms with van der Waals surface area (Å²) in [6, 6.07) is 8.61. The summed E-state index contributed by atoms with van der Waals surface area (Å²) in [7, 11) is 0. The summed E-state index contributed by atoms with van der Waals surface area (Å²) in [5.41, 5.74) is 0. The third-order valence-electron chi connectivity index (χ3n) is 4.20. The fraction of sp³-hybridized carbons (Fsp3) is 0.476. The zero-order valence-corrected chi connectivity index (χ0v) is 19.3. The van der Waals surface area contributed by atoms with Gasteiger partial charge in [-0.2, -0.15) is 0 Å². The first-order valence-electron chi connectivity index (χ1n) is 9.90. The number of hydrogen-bond donors (Lipinski definition) is 1. The standard InChI is InChI=1S/C21H25NO10S/c1-11(23)27-10-16-17(28-12(2)24)18(29-13(3)25)19(30-14(4)26)20(32-16)22-21(33)31-15-8-6-5-7-9-15/h5-9,16-20H,10H2,1-4H3,(H,22,33)/t16-,17-,18+,19-,20-/m1/s1. The summed E-state index contributed by atoms with van der Waals surface area (Å²) < 4.78 is 32.4. The maximum Gasteiger partial charge on any atom is 0.303 e. The molecule has 1 heterocycles. The van der Waals surface area contributed by atoms with Crippen molar-refractivity contribution in [2.24, 2.45) is 0 Å². The van der Waals surface area contributed by atoms with Crippen molar-refractivity contribution in [1.82, 2.24) is 5.32 Å². The van der Waals surface area contributed by atoms with Crippen LogP contribution in [-0.4, -0.2) is 66.3 Å². The fourth-order valence-corrected chi connectivity index (χ4v) is 3.30. The molecular formula is C21H25NO10S. The largest absolute Gasteiger partial charge is 0.463 e. The Hall–Kier alpha value is -3.25. The van der Waals surface area contributed by atoms with Gasteiger partial charge in [0.2, 0.25) is 0 Å². The van der Waals surface area contributed by atoms with Gasteiger partial charge >= 0.3 is 23.9 Å². The Balaban J connectivity index is 2.35. The van der Waals surface area contributed by atoms with Crippen LogP contribution in [0.25, 0.3) is 0 Å². The first-order valence-corrected chi connectivity index (χ1v) is 10.3. The minimum Gasteiger partial charge on any atom is -0.463 e. The SMILES string of the molecule is CC(=O)OC[C@H]1O[C@@H](NC(=S)Oc2ccccc2)[C@H](OC(C)=O)[C@@H](OC(C)=O)[C@@H]1OC(C)=O. The maximum atomic E-state index is 11.8. The summed E-state index contributed by atoms with van der Waals surface area (Å²) in [6.45, 7) is 4.27. The second-order valence-electron chi connectivity index (χ2n) is 6.97. The smallest absolute Gasteiger partial charge is 0.303 e. The molecule has 5 atom stereocenters. The second-order valence-corrected chi connectivity index (χ2v) is 7.34. The van der Waals surface area contributed by atoms with Gasteiger partial charge in [0.05, 0.1) is 0 Å². The second kappa shape index (κ2) is 12.1. The van der Waals surface area contributed by atoms with Crippen LogP contribution < -0.4 is 10.1 Å². The number of para-hydroxylation sites is 1. The molecule has 1 fully saturated rings. The number of hydrogen-bond acceptors (Lipinski definition) is 11. The summed E-state index contributed by atoms with van der Waals surface area (Å²) in [5, 5.41) is 2.62.